The summed E-state index contributed by atoms with van der Waals surface area (Å²) in [5.41, 5.74) is 0.986. The third kappa shape index (κ3) is 2.42. The Hall–Kier alpha value is -1.31. The average molecular weight is 258 g/mol. The highest BCUT2D eigenvalue weighted by atomic mass is 28.1. The number of ether oxygens (including phenoxy) is 2. The summed E-state index contributed by atoms with van der Waals surface area (Å²) in [6.07, 6.45) is 0.535. The molecule has 3 nitrogen and oxygen atoms in total. The van der Waals surface area contributed by atoms with Gasteiger partial charge in [-0.3, -0.25) is 0 Å². The molecular weight excluding hydrogens is 242 g/mol. The molecule has 1 unspecified atom stereocenters. The maximum Gasteiger partial charge on any atom is 0.186 e. The minimum atomic E-state index is -0.938. The van der Waals surface area contributed by atoms with Crippen molar-refractivity contribution in [3.8, 4) is 11.8 Å². The number of hydrogen-bond acceptors (Lipinski definition) is 3. The first kappa shape index (κ1) is 13.1. The topological polar surface area (TPSA) is 42.2 Å². The van der Waals surface area contributed by atoms with Gasteiger partial charge in [0.15, 0.2) is 5.60 Å². The molecule has 3 radical (unpaired) electrons. The summed E-state index contributed by atoms with van der Waals surface area (Å²) in [6.45, 7) is 6.26. The van der Waals surface area contributed by atoms with Crippen LogP contribution in [0, 0.1) is 18.3 Å². The molecule has 1 aromatic carbocycles. The predicted molar refractivity (Wildman–Crippen MR) is 69.5 cm³/mol. The first-order valence-corrected chi connectivity index (χ1v) is 6.47. The number of aryl methyl sites for hydroxylation is 1. The zero-order chi connectivity index (χ0) is 13.4. The molecule has 0 bridgehead atoms. The molecule has 1 heterocycles. The van der Waals surface area contributed by atoms with Gasteiger partial charge in [-0.15, -0.1) is 0 Å². The van der Waals surface area contributed by atoms with Crippen LogP contribution in [0.15, 0.2) is 18.2 Å². The molecule has 1 aromatic rings. The molecule has 0 fully saturated rings. The maximum absolute atomic E-state index is 9.57. The number of nitrogens with zero attached hydrogens (tertiary/aromatic N) is 1. The van der Waals surface area contributed by atoms with E-state index in [0.29, 0.717) is 13.0 Å². The predicted octanol–water partition coefficient (Wildman–Crippen LogP) is 2.42. The van der Waals surface area contributed by atoms with Gasteiger partial charge in [0, 0.05) is 17.2 Å². The lowest BCUT2D eigenvalue weighted by molar-refractivity contribution is -0.0882. The zero-order valence-corrected chi connectivity index (χ0v) is 11.9. The number of rotatable bonds is 2. The Bertz CT molecular complexity index is 501. The Morgan fingerprint density at radius 1 is 1.50 bits per heavy atom. The van der Waals surface area contributed by atoms with Crippen molar-refractivity contribution in [2.75, 3.05) is 6.61 Å². The Morgan fingerprint density at radius 2 is 2.22 bits per heavy atom. The molecule has 1 aliphatic heterocycles. The Morgan fingerprint density at radius 3 is 2.83 bits per heavy atom. The lowest BCUT2D eigenvalue weighted by Gasteiger charge is -2.38. The first-order chi connectivity index (χ1) is 8.36. The van der Waals surface area contributed by atoms with Crippen LogP contribution in [0.3, 0.4) is 0 Å². The van der Waals surface area contributed by atoms with E-state index < -0.39 is 10.8 Å². The van der Waals surface area contributed by atoms with Gasteiger partial charge in [0.2, 0.25) is 0 Å². The molecule has 0 N–H and O–H groups in total. The maximum atomic E-state index is 9.57. The second kappa shape index (κ2) is 4.41. The molecule has 0 aliphatic carbocycles. The van der Waals surface area contributed by atoms with Crippen LogP contribution in [-0.2, 0) is 10.3 Å². The van der Waals surface area contributed by atoms with E-state index in [4.69, 9.17) is 9.47 Å². The first-order valence-electron chi connectivity index (χ1n) is 5.97. The summed E-state index contributed by atoms with van der Waals surface area (Å²) in [5, 5.41) is 9.01. The Kier molecular flexibility index (Phi) is 3.22. The summed E-state index contributed by atoms with van der Waals surface area (Å²) in [4.78, 5) is 0. The van der Waals surface area contributed by atoms with Crippen molar-refractivity contribution in [2.45, 2.75) is 38.0 Å². The molecule has 0 spiro atoms. The molecule has 0 amide bonds. The lowest BCUT2D eigenvalue weighted by atomic mass is 9.88. The second-order valence-electron chi connectivity index (χ2n) is 5.15. The van der Waals surface area contributed by atoms with Crippen molar-refractivity contribution in [3.05, 3.63) is 29.3 Å². The lowest BCUT2D eigenvalue weighted by Crippen LogP contribution is -2.42. The van der Waals surface area contributed by atoms with Crippen LogP contribution in [0.4, 0.5) is 0 Å². The van der Waals surface area contributed by atoms with Crippen molar-refractivity contribution in [3.63, 3.8) is 0 Å². The third-order valence-corrected chi connectivity index (χ3v) is 3.00. The van der Waals surface area contributed by atoms with Crippen LogP contribution in [0.1, 0.15) is 31.4 Å². The zero-order valence-electron chi connectivity index (χ0n) is 10.9. The number of fused-ring (bicyclic) bond motifs is 1. The molecule has 1 aliphatic rings. The summed E-state index contributed by atoms with van der Waals surface area (Å²) < 4.78 is 11.6. The minimum absolute atomic E-state index is 0.492. The molecule has 1 atom stereocenters. The van der Waals surface area contributed by atoms with E-state index in [1.54, 1.807) is 0 Å². The summed E-state index contributed by atoms with van der Waals surface area (Å²) in [5.74, 6) is 0.749. The fraction of sp³-hybridized carbons (Fsp3) is 0.500. The molecule has 0 saturated heterocycles. The second-order valence-corrected chi connectivity index (χ2v) is 6.35. The summed E-state index contributed by atoms with van der Waals surface area (Å²) >= 11 is 0. The monoisotopic (exact) mass is 258 g/mol. The quantitative estimate of drug-likeness (QED) is 0.765. The molecule has 4 heteroatoms. The highest BCUT2D eigenvalue weighted by molar-refractivity contribution is 6.13. The van der Waals surface area contributed by atoms with E-state index in [-0.39, 0.29) is 0 Å². The Balaban J connectivity index is 2.50. The van der Waals surface area contributed by atoms with E-state index in [2.05, 4.69) is 16.3 Å². The van der Waals surface area contributed by atoms with Gasteiger partial charge in [0.25, 0.3) is 0 Å². The van der Waals surface area contributed by atoms with E-state index in [0.717, 1.165) is 16.9 Å². The van der Waals surface area contributed by atoms with Crippen LogP contribution in [-0.4, -0.2) is 22.1 Å². The van der Waals surface area contributed by atoms with E-state index in [9.17, 15) is 5.26 Å². The third-order valence-electron chi connectivity index (χ3n) is 2.89. The molecule has 2 rings (SSSR count). The molecule has 18 heavy (non-hydrogen) atoms. The molecular formula is C14H16NO2Si. The minimum Gasteiger partial charge on any atom is -0.493 e. The highest BCUT2D eigenvalue weighted by Gasteiger charge is 2.42. The summed E-state index contributed by atoms with van der Waals surface area (Å²) in [6, 6.07) is 8.16. The van der Waals surface area contributed by atoms with Crippen molar-refractivity contribution < 1.29 is 9.47 Å². The number of nitriles is 1. The smallest absolute Gasteiger partial charge is 0.186 e. The molecule has 93 valence electrons. The SMILES string of the molecule is Cc1ccc2c(c1)OCCC2(C#N)OC(C)(C)[Si]. The fourth-order valence-electron chi connectivity index (χ4n) is 2.20. The van der Waals surface area contributed by atoms with Crippen LogP contribution in [0.5, 0.6) is 5.75 Å². The standard InChI is InChI=1S/C14H16NO2Si/c1-10-4-5-11-12(8-10)16-7-6-14(11,9-15)17-13(2,3)18/h4-5,8H,6-7H2,1-3H3. The van der Waals surface area contributed by atoms with Crippen LogP contribution < -0.4 is 4.74 Å². The van der Waals surface area contributed by atoms with Crippen LogP contribution in [0.2, 0.25) is 0 Å². The van der Waals surface area contributed by atoms with Crippen molar-refractivity contribution >= 4 is 10.2 Å². The van der Waals surface area contributed by atoms with E-state index in [1.165, 1.54) is 0 Å². The largest absolute Gasteiger partial charge is 0.493 e. The van der Waals surface area contributed by atoms with E-state index >= 15 is 0 Å². The number of hydrogen-bond donors (Lipinski definition) is 0. The van der Waals surface area contributed by atoms with Crippen molar-refractivity contribution in [1.29, 1.82) is 5.26 Å². The summed E-state index contributed by atoms with van der Waals surface area (Å²) in [7, 11) is 3.50. The van der Waals surface area contributed by atoms with Gasteiger partial charge in [0.1, 0.15) is 11.8 Å². The Labute approximate surface area is 111 Å². The normalized spacial score (nSPS) is 22.8. The van der Waals surface area contributed by atoms with Gasteiger partial charge in [-0.25, -0.2) is 0 Å². The fourth-order valence-corrected chi connectivity index (χ4v) is 2.38. The van der Waals surface area contributed by atoms with Gasteiger partial charge < -0.3 is 9.47 Å². The molecule has 0 saturated carbocycles. The van der Waals surface area contributed by atoms with Crippen molar-refractivity contribution in [2.24, 2.45) is 0 Å². The van der Waals surface area contributed by atoms with Crippen LogP contribution in [0.25, 0.3) is 0 Å². The van der Waals surface area contributed by atoms with Gasteiger partial charge in [-0.1, -0.05) is 12.1 Å². The number of benzene rings is 1. The van der Waals surface area contributed by atoms with Crippen molar-refractivity contribution in [1.82, 2.24) is 0 Å². The molecule has 0 aromatic heterocycles. The van der Waals surface area contributed by atoms with Gasteiger partial charge in [-0.2, -0.15) is 5.26 Å². The highest BCUT2D eigenvalue weighted by Crippen LogP contribution is 2.41. The van der Waals surface area contributed by atoms with Crippen LogP contribution >= 0.6 is 0 Å². The average Bonchev–Trinajstić information content (AvgIpc) is 2.26. The van der Waals surface area contributed by atoms with Gasteiger partial charge in [0.05, 0.1) is 16.8 Å². The van der Waals surface area contributed by atoms with Gasteiger partial charge in [-0.05, 0) is 32.4 Å². The van der Waals surface area contributed by atoms with Gasteiger partial charge >= 0.3 is 0 Å². The van der Waals surface area contributed by atoms with E-state index in [1.807, 2.05) is 39.0 Å².